The number of aliphatic carboxylic acids is 1. The second-order valence-electron chi connectivity index (χ2n) is 9.34. The minimum absolute atomic E-state index is 0.0518. The first-order chi connectivity index (χ1) is 15.4. The molecule has 0 aromatic heterocycles. The van der Waals surface area contributed by atoms with Crippen molar-refractivity contribution in [3.8, 4) is 0 Å². The number of rotatable bonds is 10. The van der Waals surface area contributed by atoms with E-state index in [1.54, 1.807) is 12.1 Å². The Morgan fingerprint density at radius 2 is 1.58 bits per heavy atom. The number of carbonyl (C=O) groups is 3. The van der Waals surface area contributed by atoms with Gasteiger partial charge in [-0.2, -0.15) is 0 Å². The van der Waals surface area contributed by atoms with Crippen LogP contribution >= 0.6 is 11.6 Å². The molecule has 2 amide bonds. The van der Waals surface area contributed by atoms with Gasteiger partial charge in [-0.05, 0) is 58.1 Å². The highest BCUT2D eigenvalue weighted by molar-refractivity contribution is 6.62. The molecule has 2 heterocycles. The molecule has 8 nitrogen and oxygen atoms in total. The van der Waals surface area contributed by atoms with Crippen LogP contribution in [0.25, 0.3) is 0 Å². The van der Waals surface area contributed by atoms with Crippen LogP contribution < -0.4 is 10.8 Å². The summed E-state index contributed by atoms with van der Waals surface area (Å²) in [6, 6.07) is 7.24. The Morgan fingerprint density at radius 1 is 1.00 bits per heavy atom. The minimum Gasteiger partial charge on any atom is -0.481 e. The third kappa shape index (κ3) is 5.59. The Balaban J connectivity index is 1.56. The predicted molar refractivity (Wildman–Crippen MR) is 126 cm³/mol. The summed E-state index contributed by atoms with van der Waals surface area (Å²) in [6.45, 7) is 8.20. The van der Waals surface area contributed by atoms with Crippen molar-refractivity contribution in [2.75, 3.05) is 11.9 Å². The second-order valence-corrected chi connectivity index (χ2v) is 9.72. The Bertz CT molecular complexity index is 944. The highest BCUT2D eigenvalue weighted by atomic mass is 35.5. The number of hydrogen-bond acceptors (Lipinski definition) is 6. The standard InChI is InChI=1S/C23H30BClN2O6/c1-22(2)23(3,4)33-24(32-22)15-10-12-16(13-11-15)26-19-18(25)20(30)27(21(19)31)14-8-6-5-7-9-17(28)29/h10-13,26H,5-9,14H2,1-4H3,(H,28,29). The van der Waals surface area contributed by atoms with E-state index in [1.165, 1.54) is 0 Å². The summed E-state index contributed by atoms with van der Waals surface area (Å²) in [6.07, 6.45) is 2.74. The number of imide groups is 1. The summed E-state index contributed by atoms with van der Waals surface area (Å²) in [5.74, 6) is -1.82. The number of hydrogen-bond donors (Lipinski definition) is 2. The van der Waals surface area contributed by atoms with Crippen molar-refractivity contribution < 1.29 is 28.8 Å². The van der Waals surface area contributed by atoms with E-state index in [-0.39, 0.29) is 23.7 Å². The molecule has 10 heteroatoms. The zero-order valence-corrected chi connectivity index (χ0v) is 20.2. The largest absolute Gasteiger partial charge is 0.494 e. The number of carboxylic acids is 1. The lowest BCUT2D eigenvalue weighted by atomic mass is 9.79. The van der Waals surface area contributed by atoms with Crippen molar-refractivity contribution in [1.29, 1.82) is 0 Å². The Kier molecular flexibility index (Phi) is 7.56. The van der Waals surface area contributed by atoms with E-state index < -0.39 is 36.1 Å². The van der Waals surface area contributed by atoms with E-state index in [0.29, 0.717) is 18.5 Å². The first kappa shape index (κ1) is 25.3. The summed E-state index contributed by atoms with van der Waals surface area (Å²) in [5, 5.41) is 11.5. The average Bonchev–Trinajstić information content (AvgIpc) is 3.08. The molecule has 2 N–H and O–H groups in total. The van der Waals surface area contributed by atoms with E-state index in [4.69, 9.17) is 26.0 Å². The van der Waals surface area contributed by atoms with Gasteiger partial charge < -0.3 is 19.7 Å². The molecule has 3 rings (SSSR count). The number of nitrogens with zero attached hydrogens (tertiary/aromatic N) is 1. The minimum atomic E-state index is -0.824. The highest BCUT2D eigenvalue weighted by Gasteiger charge is 2.51. The second kappa shape index (κ2) is 9.87. The molecule has 1 aromatic rings. The zero-order valence-electron chi connectivity index (χ0n) is 19.4. The van der Waals surface area contributed by atoms with Crippen LogP contribution in [-0.4, -0.2) is 52.7 Å². The van der Waals surface area contributed by atoms with Crippen molar-refractivity contribution in [3.05, 3.63) is 35.0 Å². The fourth-order valence-corrected chi connectivity index (χ4v) is 3.83. The molecule has 0 atom stereocenters. The van der Waals surface area contributed by atoms with Crippen molar-refractivity contribution in [3.63, 3.8) is 0 Å². The molecule has 0 bridgehead atoms. The Hall–Kier alpha value is -2.36. The van der Waals surface area contributed by atoms with Crippen molar-refractivity contribution >= 4 is 47.7 Å². The van der Waals surface area contributed by atoms with Gasteiger partial charge in [0.25, 0.3) is 11.8 Å². The van der Waals surface area contributed by atoms with Crippen molar-refractivity contribution in [1.82, 2.24) is 4.90 Å². The van der Waals surface area contributed by atoms with Crippen LogP contribution in [0.3, 0.4) is 0 Å². The number of anilines is 1. The lowest BCUT2D eigenvalue weighted by Gasteiger charge is -2.32. The SMILES string of the molecule is CC1(C)OB(c2ccc(NC3=C(Cl)C(=O)N(CCCCCCC(=O)O)C3=O)cc2)OC1(C)C. The van der Waals surface area contributed by atoms with Gasteiger partial charge in [0.2, 0.25) is 0 Å². The highest BCUT2D eigenvalue weighted by Crippen LogP contribution is 2.36. The van der Waals surface area contributed by atoms with Gasteiger partial charge in [-0.15, -0.1) is 0 Å². The van der Waals surface area contributed by atoms with Crippen LogP contribution in [0.5, 0.6) is 0 Å². The number of halogens is 1. The maximum atomic E-state index is 12.7. The summed E-state index contributed by atoms with van der Waals surface area (Å²) >= 11 is 6.16. The van der Waals surface area contributed by atoms with Gasteiger partial charge in [0.05, 0.1) is 11.2 Å². The molecule has 0 spiro atoms. The molecule has 178 valence electrons. The Labute approximate surface area is 199 Å². The zero-order chi connectivity index (χ0) is 24.4. The van der Waals surface area contributed by atoms with Gasteiger partial charge >= 0.3 is 13.1 Å². The first-order valence-corrected chi connectivity index (χ1v) is 11.5. The van der Waals surface area contributed by atoms with E-state index in [0.717, 1.165) is 23.2 Å². The number of amides is 2. The van der Waals surface area contributed by atoms with E-state index in [1.807, 2.05) is 39.8 Å². The van der Waals surface area contributed by atoms with E-state index in [2.05, 4.69) is 5.32 Å². The van der Waals surface area contributed by atoms with E-state index in [9.17, 15) is 14.4 Å². The van der Waals surface area contributed by atoms with Crippen LogP contribution in [0, 0.1) is 0 Å². The summed E-state index contributed by atoms with van der Waals surface area (Å²) in [7, 11) is -0.493. The molecular formula is C23H30BClN2O6. The van der Waals surface area contributed by atoms with Crippen molar-refractivity contribution in [2.45, 2.75) is 71.0 Å². The normalized spacial score (nSPS) is 19.5. The van der Waals surface area contributed by atoms with Gasteiger partial charge in [-0.3, -0.25) is 19.3 Å². The third-order valence-electron chi connectivity index (χ3n) is 6.34. The van der Waals surface area contributed by atoms with Crippen LogP contribution in [0.15, 0.2) is 35.0 Å². The lowest BCUT2D eigenvalue weighted by Crippen LogP contribution is -2.41. The molecule has 2 aliphatic heterocycles. The molecule has 33 heavy (non-hydrogen) atoms. The van der Waals surface area contributed by atoms with Crippen LogP contribution in [0.4, 0.5) is 5.69 Å². The maximum absolute atomic E-state index is 12.7. The summed E-state index contributed by atoms with van der Waals surface area (Å²) < 4.78 is 12.1. The summed E-state index contributed by atoms with van der Waals surface area (Å²) in [5.41, 5.74) is 0.626. The molecule has 0 aliphatic carbocycles. The quantitative estimate of drug-likeness (QED) is 0.303. The predicted octanol–water partition coefficient (Wildman–Crippen LogP) is 3.25. The fraction of sp³-hybridized carbons (Fsp3) is 0.522. The number of nitrogens with one attached hydrogen (secondary N) is 1. The van der Waals surface area contributed by atoms with Gasteiger partial charge in [-0.1, -0.05) is 36.6 Å². The van der Waals surface area contributed by atoms with Crippen molar-refractivity contribution in [2.24, 2.45) is 0 Å². The van der Waals surface area contributed by atoms with Gasteiger partial charge in [0, 0.05) is 18.7 Å². The topological polar surface area (TPSA) is 105 Å². The monoisotopic (exact) mass is 476 g/mol. The number of carbonyl (C=O) groups excluding carboxylic acids is 2. The van der Waals surface area contributed by atoms with Gasteiger partial charge in [0.15, 0.2) is 0 Å². The maximum Gasteiger partial charge on any atom is 0.494 e. The van der Waals surface area contributed by atoms with E-state index >= 15 is 0 Å². The molecule has 0 saturated carbocycles. The molecule has 1 fully saturated rings. The Morgan fingerprint density at radius 3 is 2.15 bits per heavy atom. The number of unbranched alkanes of at least 4 members (excludes halogenated alkanes) is 3. The third-order valence-corrected chi connectivity index (χ3v) is 6.69. The summed E-state index contributed by atoms with van der Waals surface area (Å²) in [4.78, 5) is 36.9. The van der Waals surface area contributed by atoms with Crippen LogP contribution in [0.2, 0.25) is 0 Å². The molecule has 0 unspecified atom stereocenters. The molecule has 0 radical (unpaired) electrons. The first-order valence-electron chi connectivity index (χ1n) is 11.1. The lowest BCUT2D eigenvalue weighted by molar-refractivity contribution is -0.138. The van der Waals surface area contributed by atoms with Crippen LogP contribution in [-0.2, 0) is 23.7 Å². The molecule has 1 saturated heterocycles. The number of carboxylic acid groups (broad SMARTS) is 1. The molecule has 1 aromatic carbocycles. The van der Waals surface area contributed by atoms with Crippen LogP contribution in [0.1, 0.15) is 59.8 Å². The molecule has 2 aliphatic rings. The van der Waals surface area contributed by atoms with Gasteiger partial charge in [0.1, 0.15) is 10.7 Å². The average molecular weight is 477 g/mol. The molecular weight excluding hydrogens is 447 g/mol. The smallest absolute Gasteiger partial charge is 0.481 e. The number of benzene rings is 1. The van der Waals surface area contributed by atoms with Gasteiger partial charge in [-0.25, -0.2) is 0 Å². The fourth-order valence-electron chi connectivity index (χ4n) is 3.60.